The van der Waals surface area contributed by atoms with E-state index < -0.39 is 0 Å². The summed E-state index contributed by atoms with van der Waals surface area (Å²) in [5.74, 6) is 2.67. The van der Waals surface area contributed by atoms with Crippen LogP contribution in [-0.2, 0) is 4.74 Å². The number of halogens is 1. The van der Waals surface area contributed by atoms with Crippen molar-refractivity contribution in [3.05, 3.63) is 47.3 Å². The topological polar surface area (TPSA) is 29.5 Å². The molecule has 3 fully saturated rings. The van der Waals surface area contributed by atoms with Crippen LogP contribution >= 0.6 is 0 Å². The molecule has 2 unspecified atom stereocenters. The molecule has 2 aliphatic carbocycles. The zero-order valence-electron chi connectivity index (χ0n) is 21.5. The molecule has 4 rings (SSSR count). The maximum atomic E-state index is 15.1. The highest BCUT2D eigenvalue weighted by Crippen LogP contribution is 2.43. The molecule has 3 aliphatic rings. The van der Waals surface area contributed by atoms with E-state index in [1.165, 1.54) is 56.9 Å². The summed E-state index contributed by atoms with van der Waals surface area (Å²) < 4.78 is 21.5. The van der Waals surface area contributed by atoms with Crippen molar-refractivity contribution in [1.82, 2.24) is 0 Å². The summed E-state index contributed by atoms with van der Waals surface area (Å²) in [7, 11) is 0. The third-order valence-corrected chi connectivity index (χ3v) is 9.36. The zero-order chi connectivity index (χ0) is 23.9. The molecule has 1 aromatic carbocycles. The average Bonchev–Trinajstić information content (AvgIpc) is 2.89. The summed E-state index contributed by atoms with van der Waals surface area (Å²) in [5.41, 5.74) is 3.03. The number of rotatable bonds is 9. The van der Waals surface area contributed by atoms with Crippen LogP contribution in [0.5, 0.6) is 0 Å². The summed E-state index contributed by atoms with van der Waals surface area (Å²) in [4.78, 5) is 0. The number of ether oxygens (including phenoxy) is 1. The smallest absolute Gasteiger partial charge is 0.126 e. The van der Waals surface area contributed by atoms with Crippen LogP contribution in [0, 0.1) is 23.6 Å². The van der Waals surface area contributed by atoms with Gasteiger partial charge in [0.1, 0.15) is 5.82 Å². The number of aliphatic hydroxyl groups excluding tert-OH is 1. The van der Waals surface area contributed by atoms with Crippen LogP contribution in [0.25, 0.3) is 0 Å². The molecule has 0 aromatic heterocycles. The molecule has 3 heteroatoms. The molecule has 1 aromatic rings. The van der Waals surface area contributed by atoms with Gasteiger partial charge in [-0.15, -0.1) is 0 Å². The van der Waals surface area contributed by atoms with Gasteiger partial charge in [-0.3, -0.25) is 0 Å². The number of aliphatic hydroxyl groups is 1. The highest BCUT2D eigenvalue weighted by molar-refractivity contribution is 5.30. The number of hydrogen-bond acceptors (Lipinski definition) is 2. The van der Waals surface area contributed by atoms with Crippen LogP contribution in [0.3, 0.4) is 0 Å². The van der Waals surface area contributed by atoms with Gasteiger partial charge in [0, 0.05) is 6.61 Å². The van der Waals surface area contributed by atoms with Crippen LogP contribution in [0.4, 0.5) is 4.39 Å². The molecule has 0 radical (unpaired) electrons. The van der Waals surface area contributed by atoms with Crippen LogP contribution in [0.2, 0.25) is 0 Å². The lowest BCUT2D eigenvalue weighted by Gasteiger charge is -2.38. The van der Waals surface area contributed by atoms with E-state index in [4.69, 9.17) is 4.74 Å². The Morgan fingerprint density at radius 2 is 1.71 bits per heavy atom. The van der Waals surface area contributed by atoms with Crippen LogP contribution in [0.1, 0.15) is 120 Å². The Bertz CT molecular complexity index is 766. The monoisotopic (exact) mass is 470 g/mol. The lowest BCUT2D eigenvalue weighted by Crippen LogP contribution is -2.34. The predicted molar refractivity (Wildman–Crippen MR) is 139 cm³/mol. The minimum atomic E-state index is -0.00575. The first kappa shape index (κ1) is 25.9. The molecule has 1 aliphatic heterocycles. The second kappa shape index (κ2) is 12.7. The Morgan fingerprint density at radius 3 is 2.32 bits per heavy atom. The summed E-state index contributed by atoms with van der Waals surface area (Å²) in [6, 6.07) is 6.13. The van der Waals surface area contributed by atoms with Crippen molar-refractivity contribution in [2.75, 3.05) is 13.2 Å². The Balaban J connectivity index is 1.23. The third-order valence-electron chi connectivity index (χ3n) is 9.36. The first-order valence-corrected chi connectivity index (χ1v) is 14.3. The van der Waals surface area contributed by atoms with Crippen LogP contribution in [0.15, 0.2) is 30.4 Å². The van der Waals surface area contributed by atoms with Crippen molar-refractivity contribution in [2.24, 2.45) is 17.8 Å². The largest absolute Gasteiger partial charge is 0.392 e. The van der Waals surface area contributed by atoms with E-state index in [2.05, 4.69) is 25.6 Å². The normalized spacial score (nSPS) is 32.4. The van der Waals surface area contributed by atoms with Gasteiger partial charge >= 0.3 is 0 Å². The average molecular weight is 471 g/mol. The van der Waals surface area contributed by atoms with E-state index in [-0.39, 0.29) is 12.4 Å². The van der Waals surface area contributed by atoms with Gasteiger partial charge in [-0.2, -0.15) is 0 Å². The van der Waals surface area contributed by atoms with Gasteiger partial charge in [0.05, 0.1) is 12.7 Å². The number of benzene rings is 1. The molecule has 2 atom stereocenters. The second-order valence-corrected chi connectivity index (χ2v) is 11.6. The van der Waals surface area contributed by atoms with E-state index in [0.717, 1.165) is 62.2 Å². The van der Waals surface area contributed by atoms with E-state index >= 15 is 4.39 Å². The SMILES string of the molecule is C=C(CO)C1CCC(c2ccc(C3CCC(C4CCC(CCCCC)CO4)CC3)cc2F)CC1. The fraction of sp³-hybridized carbons (Fsp3) is 0.742. The predicted octanol–water partition coefficient (Wildman–Crippen LogP) is 8.30. The first-order chi connectivity index (χ1) is 16.6. The summed E-state index contributed by atoms with van der Waals surface area (Å²) >= 11 is 0. The fourth-order valence-corrected chi connectivity index (χ4v) is 7.00. The Hall–Kier alpha value is -1.19. The maximum Gasteiger partial charge on any atom is 0.126 e. The molecule has 2 saturated carbocycles. The molecular weight excluding hydrogens is 423 g/mol. The summed E-state index contributed by atoms with van der Waals surface area (Å²) in [6.45, 7) is 7.32. The number of unbranched alkanes of at least 4 members (excludes halogenated alkanes) is 2. The van der Waals surface area contributed by atoms with Crippen molar-refractivity contribution in [1.29, 1.82) is 0 Å². The highest BCUT2D eigenvalue weighted by Gasteiger charge is 2.32. The lowest BCUT2D eigenvalue weighted by molar-refractivity contribution is -0.0578. The lowest BCUT2D eigenvalue weighted by atomic mass is 9.74. The van der Waals surface area contributed by atoms with Gasteiger partial charge in [-0.1, -0.05) is 44.9 Å². The van der Waals surface area contributed by atoms with Gasteiger partial charge in [0.15, 0.2) is 0 Å². The summed E-state index contributed by atoms with van der Waals surface area (Å²) in [5, 5.41) is 9.34. The van der Waals surface area contributed by atoms with Crippen molar-refractivity contribution in [3.63, 3.8) is 0 Å². The van der Waals surface area contributed by atoms with Gasteiger partial charge < -0.3 is 9.84 Å². The van der Waals surface area contributed by atoms with E-state index in [0.29, 0.717) is 29.8 Å². The van der Waals surface area contributed by atoms with Gasteiger partial charge in [0.25, 0.3) is 0 Å². The highest BCUT2D eigenvalue weighted by atomic mass is 19.1. The molecule has 1 N–H and O–H groups in total. The molecular formula is C31H47FO2. The molecule has 1 saturated heterocycles. The molecule has 1 heterocycles. The molecule has 34 heavy (non-hydrogen) atoms. The molecule has 0 bridgehead atoms. The molecule has 0 amide bonds. The Kier molecular flexibility index (Phi) is 9.65. The zero-order valence-corrected chi connectivity index (χ0v) is 21.5. The Labute approximate surface area is 207 Å². The molecule has 2 nitrogen and oxygen atoms in total. The molecule has 0 spiro atoms. The minimum absolute atomic E-state index is 0.00575. The van der Waals surface area contributed by atoms with Gasteiger partial charge in [-0.05, 0) is 123 Å². The first-order valence-electron chi connectivity index (χ1n) is 14.3. The van der Waals surface area contributed by atoms with Crippen molar-refractivity contribution < 1.29 is 14.2 Å². The van der Waals surface area contributed by atoms with Gasteiger partial charge in [-0.25, -0.2) is 4.39 Å². The maximum absolute atomic E-state index is 15.1. The van der Waals surface area contributed by atoms with E-state index in [9.17, 15) is 5.11 Å². The van der Waals surface area contributed by atoms with Crippen molar-refractivity contribution >= 4 is 0 Å². The minimum Gasteiger partial charge on any atom is -0.392 e. The van der Waals surface area contributed by atoms with Gasteiger partial charge in [0.2, 0.25) is 0 Å². The standard InChI is InChI=1S/C31H47FO2/c1-3-4-5-6-23-7-18-31(34-21-23)27-14-10-25(11-15-27)28-16-17-29(30(32)19-28)26-12-8-24(9-13-26)22(2)20-33/h16-17,19,23-27,31,33H,2-15,18,20-21H2,1H3. The quantitative estimate of drug-likeness (QED) is 0.290. The van der Waals surface area contributed by atoms with Crippen LogP contribution < -0.4 is 0 Å². The molecule has 190 valence electrons. The summed E-state index contributed by atoms with van der Waals surface area (Å²) in [6.07, 6.45) is 17.2. The van der Waals surface area contributed by atoms with E-state index in [1.54, 1.807) is 0 Å². The van der Waals surface area contributed by atoms with Crippen LogP contribution in [-0.4, -0.2) is 24.4 Å². The fourth-order valence-electron chi connectivity index (χ4n) is 7.00. The number of hydrogen-bond donors (Lipinski definition) is 1. The van der Waals surface area contributed by atoms with E-state index in [1.807, 2.05) is 6.07 Å². The Morgan fingerprint density at radius 1 is 0.971 bits per heavy atom. The van der Waals surface area contributed by atoms with Crippen molar-refractivity contribution in [3.8, 4) is 0 Å². The second-order valence-electron chi connectivity index (χ2n) is 11.6. The van der Waals surface area contributed by atoms with Crippen molar-refractivity contribution in [2.45, 2.75) is 115 Å². The third kappa shape index (κ3) is 6.52.